The Morgan fingerprint density at radius 1 is 1.00 bits per heavy atom. The number of carbonyl (C=O) groups is 4. The minimum Gasteiger partial charge on any atom is -0.481 e. The maximum atomic E-state index is 12.2. The molecule has 26 heavy (non-hydrogen) atoms. The van der Waals surface area contributed by atoms with Gasteiger partial charge in [-0.1, -0.05) is 19.3 Å². The van der Waals surface area contributed by atoms with Crippen molar-refractivity contribution >= 4 is 23.7 Å². The fourth-order valence-electron chi connectivity index (χ4n) is 3.23. The van der Waals surface area contributed by atoms with E-state index in [9.17, 15) is 19.2 Å². The van der Waals surface area contributed by atoms with Crippen molar-refractivity contribution in [3.8, 4) is 0 Å². The number of rotatable bonds is 9. The van der Waals surface area contributed by atoms with Gasteiger partial charge in [-0.15, -0.1) is 0 Å². The van der Waals surface area contributed by atoms with Crippen molar-refractivity contribution in [1.82, 2.24) is 15.5 Å². The second-order valence-corrected chi connectivity index (χ2v) is 7.19. The summed E-state index contributed by atoms with van der Waals surface area (Å²) in [4.78, 5) is 47.9. The van der Waals surface area contributed by atoms with Crippen LogP contribution in [0.2, 0.25) is 0 Å². The predicted octanol–water partition coefficient (Wildman–Crippen LogP) is 0.655. The molecule has 2 fully saturated rings. The molecule has 1 saturated carbocycles. The largest absolute Gasteiger partial charge is 0.481 e. The Morgan fingerprint density at radius 2 is 1.73 bits per heavy atom. The van der Waals surface area contributed by atoms with E-state index >= 15 is 0 Å². The molecule has 1 atom stereocenters. The average Bonchev–Trinajstić information content (AvgIpc) is 2.99. The minimum absolute atomic E-state index is 0.0610. The van der Waals surface area contributed by atoms with Crippen LogP contribution in [0.5, 0.6) is 0 Å². The van der Waals surface area contributed by atoms with Gasteiger partial charge in [0.05, 0.1) is 0 Å². The van der Waals surface area contributed by atoms with Gasteiger partial charge in [-0.3, -0.25) is 19.2 Å². The molecule has 0 aromatic carbocycles. The summed E-state index contributed by atoms with van der Waals surface area (Å²) in [6, 6.07) is -0.0610. The molecule has 0 aromatic rings. The van der Waals surface area contributed by atoms with Gasteiger partial charge in [-0.2, -0.15) is 0 Å². The summed E-state index contributed by atoms with van der Waals surface area (Å²) in [5.41, 5.74) is 0. The molecule has 1 heterocycles. The van der Waals surface area contributed by atoms with E-state index in [1.165, 1.54) is 4.90 Å². The maximum absolute atomic E-state index is 12.2. The van der Waals surface area contributed by atoms with Gasteiger partial charge in [0, 0.05) is 38.0 Å². The van der Waals surface area contributed by atoms with Crippen LogP contribution in [0.1, 0.15) is 57.8 Å². The third kappa shape index (κ3) is 6.31. The Hall–Kier alpha value is -2.12. The molecule has 0 aromatic heterocycles. The molecule has 3 amide bonds. The second kappa shape index (κ2) is 10.1. The summed E-state index contributed by atoms with van der Waals surface area (Å²) in [5, 5.41) is 14.1. The Bertz CT molecular complexity index is 533. The molecule has 0 bridgehead atoms. The zero-order chi connectivity index (χ0) is 18.9. The zero-order valence-electron chi connectivity index (χ0n) is 15.2. The van der Waals surface area contributed by atoms with E-state index in [0.717, 1.165) is 38.5 Å². The van der Waals surface area contributed by atoms with Crippen LogP contribution < -0.4 is 10.6 Å². The lowest BCUT2D eigenvalue weighted by atomic mass is 9.84. The highest BCUT2D eigenvalue weighted by Crippen LogP contribution is 2.26. The number of carboxylic acid groups (broad SMARTS) is 1. The van der Waals surface area contributed by atoms with E-state index < -0.39 is 17.8 Å². The van der Waals surface area contributed by atoms with E-state index in [1.807, 2.05) is 0 Å². The first-order valence-corrected chi connectivity index (χ1v) is 9.56. The van der Waals surface area contributed by atoms with E-state index in [0.29, 0.717) is 32.5 Å². The number of unbranched alkanes of at least 4 members (excludes halogenated alkanes) is 3. The number of carbonyl (C=O) groups excluding carboxylic acids is 3. The number of carboxylic acids is 1. The molecule has 8 nitrogen and oxygen atoms in total. The third-order valence-electron chi connectivity index (χ3n) is 5.10. The SMILES string of the molecule is O=C(O)CCCCCCNC(=O)C(=O)N1CCC(NC(=O)C2CCC2)C1. The average molecular weight is 367 g/mol. The quantitative estimate of drug-likeness (QED) is 0.409. The summed E-state index contributed by atoms with van der Waals surface area (Å²) in [7, 11) is 0. The summed E-state index contributed by atoms with van der Waals surface area (Å²) >= 11 is 0. The van der Waals surface area contributed by atoms with Crippen molar-refractivity contribution in [2.45, 2.75) is 63.8 Å². The smallest absolute Gasteiger partial charge is 0.311 e. The molecule has 0 spiro atoms. The van der Waals surface area contributed by atoms with Crippen molar-refractivity contribution in [2.75, 3.05) is 19.6 Å². The Kier molecular flexibility index (Phi) is 7.87. The van der Waals surface area contributed by atoms with E-state index in [4.69, 9.17) is 5.11 Å². The highest BCUT2D eigenvalue weighted by atomic mass is 16.4. The molecule has 1 unspecified atom stereocenters. The Labute approximate surface area is 153 Å². The van der Waals surface area contributed by atoms with Crippen LogP contribution in [0, 0.1) is 5.92 Å². The molecule has 1 aliphatic heterocycles. The Morgan fingerprint density at radius 3 is 2.38 bits per heavy atom. The van der Waals surface area contributed by atoms with Crippen LogP contribution in [0.3, 0.4) is 0 Å². The molecule has 0 radical (unpaired) electrons. The lowest BCUT2D eigenvalue weighted by molar-refractivity contribution is -0.145. The van der Waals surface area contributed by atoms with Crippen LogP contribution in [0.15, 0.2) is 0 Å². The number of hydrogen-bond donors (Lipinski definition) is 3. The number of amides is 3. The number of nitrogens with one attached hydrogen (secondary N) is 2. The lowest BCUT2D eigenvalue weighted by Gasteiger charge is -2.26. The van der Waals surface area contributed by atoms with Crippen LogP contribution in [0.4, 0.5) is 0 Å². The fourth-order valence-corrected chi connectivity index (χ4v) is 3.23. The standard InChI is InChI=1S/C18H29N3O5/c22-15(23)8-3-1-2-4-10-19-17(25)18(26)21-11-9-14(12-21)20-16(24)13-6-5-7-13/h13-14H,1-12H2,(H,19,25)(H,20,24)(H,22,23). The van der Waals surface area contributed by atoms with Gasteiger partial charge in [0.1, 0.15) is 0 Å². The van der Waals surface area contributed by atoms with E-state index in [1.54, 1.807) is 0 Å². The molecule has 3 N–H and O–H groups in total. The summed E-state index contributed by atoms with van der Waals surface area (Å²) in [6.45, 7) is 1.28. The molecule has 2 aliphatic rings. The van der Waals surface area contributed by atoms with Crippen LogP contribution in [-0.4, -0.2) is 59.4 Å². The fraction of sp³-hybridized carbons (Fsp3) is 0.778. The van der Waals surface area contributed by atoms with Crippen LogP contribution in [0.25, 0.3) is 0 Å². The Balaban J connectivity index is 1.57. The van der Waals surface area contributed by atoms with Crippen molar-refractivity contribution < 1.29 is 24.3 Å². The second-order valence-electron chi connectivity index (χ2n) is 7.19. The van der Waals surface area contributed by atoms with Crippen molar-refractivity contribution in [1.29, 1.82) is 0 Å². The highest BCUT2D eigenvalue weighted by Gasteiger charge is 2.33. The number of hydrogen-bond acceptors (Lipinski definition) is 4. The summed E-state index contributed by atoms with van der Waals surface area (Å²) < 4.78 is 0. The van der Waals surface area contributed by atoms with Gasteiger partial charge in [-0.05, 0) is 32.1 Å². The van der Waals surface area contributed by atoms with Crippen molar-refractivity contribution in [2.24, 2.45) is 5.92 Å². The van der Waals surface area contributed by atoms with Crippen molar-refractivity contribution in [3.63, 3.8) is 0 Å². The molecule has 2 rings (SSSR count). The molecule has 1 saturated heterocycles. The first-order chi connectivity index (χ1) is 12.5. The normalized spacial score (nSPS) is 19.7. The van der Waals surface area contributed by atoms with Crippen LogP contribution in [-0.2, 0) is 19.2 Å². The van der Waals surface area contributed by atoms with Crippen LogP contribution >= 0.6 is 0 Å². The molecular formula is C18H29N3O5. The number of aliphatic carboxylic acids is 1. The first-order valence-electron chi connectivity index (χ1n) is 9.56. The molecule has 1 aliphatic carbocycles. The topological polar surface area (TPSA) is 116 Å². The van der Waals surface area contributed by atoms with Gasteiger partial charge in [0.25, 0.3) is 0 Å². The van der Waals surface area contributed by atoms with E-state index in [-0.39, 0.29) is 24.3 Å². The van der Waals surface area contributed by atoms with Gasteiger partial charge in [0.15, 0.2) is 0 Å². The number of nitrogens with zero attached hydrogens (tertiary/aromatic N) is 1. The van der Waals surface area contributed by atoms with Gasteiger partial charge in [-0.25, -0.2) is 0 Å². The molecule has 146 valence electrons. The van der Waals surface area contributed by atoms with Gasteiger partial charge >= 0.3 is 17.8 Å². The molecular weight excluding hydrogens is 338 g/mol. The third-order valence-corrected chi connectivity index (χ3v) is 5.10. The maximum Gasteiger partial charge on any atom is 0.311 e. The summed E-state index contributed by atoms with van der Waals surface area (Å²) in [6.07, 6.45) is 6.81. The predicted molar refractivity (Wildman–Crippen MR) is 94.2 cm³/mol. The molecule has 8 heteroatoms. The summed E-state index contributed by atoms with van der Waals surface area (Å²) in [5.74, 6) is -1.75. The number of likely N-dealkylation sites (tertiary alicyclic amines) is 1. The minimum atomic E-state index is -0.795. The van der Waals surface area contributed by atoms with E-state index in [2.05, 4.69) is 10.6 Å². The monoisotopic (exact) mass is 367 g/mol. The lowest BCUT2D eigenvalue weighted by Crippen LogP contribution is -2.45. The van der Waals surface area contributed by atoms with Gasteiger partial charge < -0.3 is 20.6 Å². The zero-order valence-corrected chi connectivity index (χ0v) is 15.2. The highest BCUT2D eigenvalue weighted by molar-refractivity contribution is 6.35. The van der Waals surface area contributed by atoms with Gasteiger partial charge in [0.2, 0.25) is 5.91 Å². The first kappa shape index (κ1) is 20.2. The van der Waals surface area contributed by atoms with Crippen molar-refractivity contribution in [3.05, 3.63) is 0 Å².